The predicted molar refractivity (Wildman–Crippen MR) is 152 cm³/mol. The third-order valence-corrected chi connectivity index (χ3v) is 7.52. The van der Waals surface area contributed by atoms with Crippen molar-refractivity contribution >= 4 is 38.4 Å². The first-order valence-corrected chi connectivity index (χ1v) is 14.1. The zero-order chi connectivity index (χ0) is 29.1. The van der Waals surface area contributed by atoms with Gasteiger partial charge in [0.25, 0.3) is 0 Å². The van der Waals surface area contributed by atoms with Gasteiger partial charge in [-0.1, -0.05) is 31.3 Å². The number of alkyl halides is 3. The van der Waals surface area contributed by atoms with E-state index in [1.807, 2.05) is 6.07 Å². The zero-order valence-electron chi connectivity index (χ0n) is 22.8. The Labute approximate surface area is 239 Å². The van der Waals surface area contributed by atoms with Crippen LogP contribution in [-0.4, -0.2) is 56.4 Å². The predicted octanol–water partition coefficient (Wildman–Crippen LogP) is 6.45. The summed E-state index contributed by atoms with van der Waals surface area (Å²) in [6.45, 7) is 8.07. The van der Waals surface area contributed by atoms with E-state index in [4.69, 9.17) is 4.74 Å². The number of nitrogens with zero attached hydrogens (tertiary/aromatic N) is 5. The van der Waals surface area contributed by atoms with E-state index < -0.39 is 11.9 Å². The molecule has 2 N–H and O–H groups in total. The van der Waals surface area contributed by atoms with Crippen molar-refractivity contribution in [2.45, 2.75) is 45.8 Å². The van der Waals surface area contributed by atoms with E-state index in [-0.39, 0.29) is 23.6 Å². The van der Waals surface area contributed by atoms with Gasteiger partial charge >= 0.3 is 6.18 Å². The van der Waals surface area contributed by atoms with Crippen molar-refractivity contribution in [1.82, 2.24) is 24.8 Å². The van der Waals surface area contributed by atoms with Crippen LogP contribution in [0.3, 0.4) is 0 Å². The number of hydrogen-bond donors (Lipinski definition) is 2. The van der Waals surface area contributed by atoms with Crippen LogP contribution in [0.4, 0.5) is 24.1 Å². The molecule has 1 fully saturated rings. The van der Waals surface area contributed by atoms with Gasteiger partial charge in [-0.25, -0.2) is 19.9 Å². The van der Waals surface area contributed by atoms with E-state index in [2.05, 4.69) is 49.3 Å². The van der Waals surface area contributed by atoms with Gasteiger partial charge < -0.3 is 15.4 Å². The molecule has 216 valence electrons. The minimum absolute atomic E-state index is 0.0995. The number of hydrogen-bond acceptors (Lipinski definition) is 9. The minimum atomic E-state index is -4.59. The lowest BCUT2D eigenvalue weighted by molar-refractivity contribution is -0.141. The van der Waals surface area contributed by atoms with E-state index in [0.29, 0.717) is 40.1 Å². The summed E-state index contributed by atoms with van der Waals surface area (Å²) in [6.07, 6.45) is -1.29. The normalized spacial score (nSPS) is 15.9. The van der Waals surface area contributed by atoms with Crippen molar-refractivity contribution in [3.8, 4) is 22.9 Å². The molecule has 0 bridgehead atoms. The number of ether oxygens (including phenoxy) is 1. The molecular formula is C28H30F3N7O2S. The van der Waals surface area contributed by atoms with Gasteiger partial charge in [-0.15, -0.1) is 0 Å². The summed E-state index contributed by atoms with van der Waals surface area (Å²) in [5.74, 6) is 0.950. The summed E-state index contributed by atoms with van der Waals surface area (Å²) < 4.78 is 47.6. The number of likely N-dealkylation sites (tertiary alicyclic amines) is 1. The number of amides is 1. The molecule has 1 saturated heterocycles. The highest BCUT2D eigenvalue weighted by Gasteiger charge is 2.33. The van der Waals surface area contributed by atoms with E-state index in [1.54, 1.807) is 18.2 Å². The third kappa shape index (κ3) is 6.91. The molecule has 41 heavy (non-hydrogen) atoms. The molecular weight excluding hydrogens is 555 g/mol. The molecule has 0 saturated carbocycles. The van der Waals surface area contributed by atoms with Crippen molar-refractivity contribution in [3.63, 3.8) is 0 Å². The summed E-state index contributed by atoms with van der Waals surface area (Å²) in [6, 6.07) is 9.44. The van der Waals surface area contributed by atoms with E-state index in [0.717, 1.165) is 36.7 Å². The van der Waals surface area contributed by atoms with Crippen molar-refractivity contribution < 1.29 is 22.7 Å². The van der Waals surface area contributed by atoms with Crippen LogP contribution < -0.4 is 15.4 Å². The lowest BCUT2D eigenvalue weighted by Crippen LogP contribution is -2.37. The maximum absolute atomic E-state index is 13.6. The quantitative estimate of drug-likeness (QED) is 0.231. The lowest BCUT2D eigenvalue weighted by atomic mass is 10.1. The number of para-hydroxylation sites is 1. The number of nitrogens with one attached hydrogen (secondary N) is 2. The molecule has 4 heterocycles. The monoisotopic (exact) mass is 585 g/mol. The molecule has 0 unspecified atom stereocenters. The highest BCUT2D eigenvalue weighted by atomic mass is 32.1. The van der Waals surface area contributed by atoms with Crippen LogP contribution >= 0.6 is 11.3 Å². The first kappa shape index (κ1) is 28.7. The van der Waals surface area contributed by atoms with E-state index in [1.165, 1.54) is 30.7 Å². The number of anilines is 2. The van der Waals surface area contributed by atoms with E-state index >= 15 is 0 Å². The maximum Gasteiger partial charge on any atom is 0.433 e. The van der Waals surface area contributed by atoms with Gasteiger partial charge in [0.1, 0.15) is 23.4 Å². The molecule has 1 aliphatic rings. The molecule has 3 aromatic heterocycles. The number of rotatable bonds is 9. The number of benzene rings is 1. The van der Waals surface area contributed by atoms with Crippen LogP contribution in [0.25, 0.3) is 21.5 Å². The second-order valence-corrected chi connectivity index (χ2v) is 11.3. The number of thiazole rings is 1. The molecule has 4 aromatic rings. The van der Waals surface area contributed by atoms with Gasteiger partial charge in [-0.05, 0) is 49.6 Å². The Hall–Kier alpha value is -3.84. The van der Waals surface area contributed by atoms with Gasteiger partial charge in [0.2, 0.25) is 11.8 Å². The zero-order valence-corrected chi connectivity index (χ0v) is 23.6. The van der Waals surface area contributed by atoms with Crippen LogP contribution in [0.5, 0.6) is 11.6 Å². The molecule has 0 radical (unpaired) electrons. The lowest BCUT2D eigenvalue weighted by Gasteiger charge is -2.27. The molecule has 1 aliphatic heterocycles. The molecule has 1 aromatic carbocycles. The minimum Gasteiger partial charge on any atom is -0.437 e. The number of fused-ring (bicyclic) bond motifs is 1. The maximum atomic E-state index is 13.6. The average molecular weight is 586 g/mol. The van der Waals surface area contributed by atoms with Crippen molar-refractivity contribution in [2.24, 2.45) is 5.92 Å². The van der Waals surface area contributed by atoms with Crippen LogP contribution in [-0.2, 0) is 11.0 Å². The Morgan fingerprint density at radius 1 is 1.20 bits per heavy atom. The summed E-state index contributed by atoms with van der Waals surface area (Å²) in [7, 11) is 0. The molecule has 1 amide bonds. The summed E-state index contributed by atoms with van der Waals surface area (Å²) in [5, 5.41) is 6.29. The van der Waals surface area contributed by atoms with Gasteiger partial charge in [0.05, 0.1) is 10.4 Å². The fourth-order valence-corrected chi connectivity index (χ4v) is 5.80. The van der Waals surface area contributed by atoms with Gasteiger partial charge in [-0.2, -0.15) is 13.2 Å². The van der Waals surface area contributed by atoms with Gasteiger partial charge in [-0.3, -0.25) is 9.69 Å². The Bertz CT molecular complexity index is 1540. The first-order valence-electron chi connectivity index (χ1n) is 13.3. The third-order valence-electron chi connectivity index (χ3n) is 6.59. The summed E-state index contributed by atoms with van der Waals surface area (Å²) >= 11 is 1.31. The molecule has 9 nitrogen and oxygen atoms in total. The Balaban J connectivity index is 1.43. The van der Waals surface area contributed by atoms with Crippen molar-refractivity contribution in [3.05, 3.63) is 48.4 Å². The number of aromatic nitrogens is 4. The number of halogens is 3. The standard InChI is InChI=1S/C28H30F3N7O2S/c1-16(2)14-38-11-5-6-18(38)13-32-26-19(9-10-23(36-26)28(29,30)31)20-12-24(34-15-33-20)40-21-7-4-8-22-25(21)37-27(41-22)35-17(3)39/h4,7-10,12,15-16,18H,5-6,11,13-14H2,1-3H3,(H,32,36)(H,35,37,39)/t18-/m1/s1. The second kappa shape index (κ2) is 12.0. The van der Waals surface area contributed by atoms with Gasteiger partial charge in [0.15, 0.2) is 10.9 Å². The van der Waals surface area contributed by atoms with Crippen LogP contribution in [0.2, 0.25) is 0 Å². The summed E-state index contributed by atoms with van der Waals surface area (Å²) in [5.41, 5.74) is 0.319. The van der Waals surface area contributed by atoms with Crippen LogP contribution in [0, 0.1) is 5.92 Å². The van der Waals surface area contributed by atoms with Gasteiger partial charge in [0, 0.05) is 37.7 Å². The Morgan fingerprint density at radius 3 is 2.78 bits per heavy atom. The van der Waals surface area contributed by atoms with Crippen LogP contribution in [0.15, 0.2) is 42.7 Å². The van der Waals surface area contributed by atoms with Crippen molar-refractivity contribution in [1.29, 1.82) is 0 Å². The average Bonchev–Trinajstić information content (AvgIpc) is 3.52. The molecule has 0 spiro atoms. The Kier molecular flexibility index (Phi) is 8.36. The SMILES string of the molecule is CC(=O)Nc1nc2c(Oc3cc(-c4ccc(C(F)(F)F)nc4NC[C@H]4CCCN4CC(C)C)ncn3)cccc2s1. The number of carbonyl (C=O) groups is 1. The highest BCUT2D eigenvalue weighted by Crippen LogP contribution is 2.36. The topological polar surface area (TPSA) is 105 Å². The smallest absolute Gasteiger partial charge is 0.433 e. The fourth-order valence-electron chi connectivity index (χ4n) is 4.87. The number of pyridine rings is 1. The van der Waals surface area contributed by atoms with E-state index in [9.17, 15) is 18.0 Å². The Morgan fingerprint density at radius 2 is 2.02 bits per heavy atom. The summed E-state index contributed by atoms with van der Waals surface area (Å²) in [4.78, 5) is 30.7. The van der Waals surface area contributed by atoms with Crippen LogP contribution in [0.1, 0.15) is 39.3 Å². The molecule has 1 atom stereocenters. The molecule has 0 aliphatic carbocycles. The molecule has 5 rings (SSSR count). The molecule has 13 heteroatoms. The fraction of sp³-hybridized carbons (Fsp3) is 0.393. The largest absolute Gasteiger partial charge is 0.437 e. The first-order chi connectivity index (χ1) is 19.6. The number of carbonyl (C=O) groups excluding carboxylic acids is 1. The highest BCUT2D eigenvalue weighted by molar-refractivity contribution is 7.22. The van der Waals surface area contributed by atoms with Crippen molar-refractivity contribution in [2.75, 3.05) is 30.3 Å². The second-order valence-electron chi connectivity index (χ2n) is 10.3.